The smallest absolute Gasteiger partial charge is 0.356 e. The minimum absolute atomic E-state index is 0. The molecule has 0 aliphatic carbocycles. The molecular formula is C24H30NO5P. The molecule has 166 valence electrons. The van der Waals surface area contributed by atoms with Crippen molar-refractivity contribution in [1.29, 1.82) is 0 Å². The molecule has 2 N–H and O–H groups in total. The van der Waals surface area contributed by atoms with Gasteiger partial charge in [0.2, 0.25) is 5.91 Å². The first-order valence-corrected chi connectivity index (χ1v) is 11.9. The molecule has 0 saturated heterocycles. The third kappa shape index (κ3) is 6.74. The van der Waals surface area contributed by atoms with Crippen molar-refractivity contribution >= 4 is 24.5 Å². The van der Waals surface area contributed by atoms with E-state index in [2.05, 4.69) is 40.2 Å². The molecule has 0 heterocycles. The van der Waals surface area contributed by atoms with Crippen LogP contribution in [0.5, 0.6) is 0 Å². The lowest BCUT2D eigenvalue weighted by atomic mass is 9.92. The first kappa shape index (κ1) is 23.2. The summed E-state index contributed by atoms with van der Waals surface area (Å²) in [6.45, 7) is 0.696. The predicted octanol–water partition coefficient (Wildman–Crippen LogP) is 5.35. The molecule has 3 aromatic carbocycles. The van der Waals surface area contributed by atoms with Crippen LogP contribution in [0.1, 0.15) is 26.3 Å². The molecule has 31 heavy (non-hydrogen) atoms. The van der Waals surface area contributed by atoms with E-state index in [4.69, 9.17) is 9.42 Å². The van der Waals surface area contributed by atoms with Gasteiger partial charge in [0.05, 0.1) is 13.0 Å². The van der Waals surface area contributed by atoms with Gasteiger partial charge in [-0.15, -0.1) is 0 Å². The molecule has 0 aromatic heterocycles. The minimum Gasteiger partial charge on any atom is -0.356 e. The van der Waals surface area contributed by atoms with Crippen molar-refractivity contribution in [2.45, 2.75) is 25.7 Å². The van der Waals surface area contributed by atoms with Crippen molar-refractivity contribution < 1.29 is 24.7 Å². The molecule has 0 radical (unpaired) electrons. The van der Waals surface area contributed by atoms with Crippen LogP contribution >= 0.6 is 7.82 Å². The van der Waals surface area contributed by atoms with Crippen molar-refractivity contribution in [3.8, 4) is 11.1 Å². The second-order valence-electron chi connectivity index (χ2n) is 7.26. The lowest BCUT2D eigenvalue weighted by molar-refractivity contribution is -0.120. The Morgan fingerprint density at radius 2 is 1.74 bits per heavy atom. The molecule has 1 atom stereocenters. The molecule has 0 aliphatic rings. The number of nitrogens with one attached hydrogen (secondary N) is 1. The Hall–Kier alpha value is -2.50. The van der Waals surface area contributed by atoms with Gasteiger partial charge in [-0.1, -0.05) is 66.7 Å². The zero-order valence-electron chi connectivity index (χ0n) is 17.6. The third-order valence-corrected chi connectivity index (χ3v) is 6.03. The van der Waals surface area contributed by atoms with Gasteiger partial charge >= 0.3 is 7.82 Å². The van der Waals surface area contributed by atoms with Crippen LogP contribution < -0.4 is 5.32 Å². The van der Waals surface area contributed by atoms with E-state index < -0.39 is 7.82 Å². The molecule has 1 amide bonds. The summed E-state index contributed by atoms with van der Waals surface area (Å²) in [5.74, 6) is -0.0250. The van der Waals surface area contributed by atoms with E-state index >= 15 is 0 Å². The zero-order chi connectivity index (χ0) is 22.1. The highest BCUT2D eigenvalue weighted by molar-refractivity contribution is 7.47. The Morgan fingerprint density at radius 1 is 1.00 bits per heavy atom. The average Bonchev–Trinajstić information content (AvgIpc) is 2.79. The van der Waals surface area contributed by atoms with Crippen molar-refractivity contribution in [2.24, 2.45) is 0 Å². The predicted molar refractivity (Wildman–Crippen MR) is 125 cm³/mol. The second kappa shape index (κ2) is 11.2. The first-order chi connectivity index (χ1) is 15.0. The summed E-state index contributed by atoms with van der Waals surface area (Å²) in [7, 11) is -2.77. The number of phosphoric ester groups is 1. The number of carbonyl (C=O) groups excluding carboxylic acids is 1. The molecular weight excluding hydrogens is 413 g/mol. The number of phosphoric acid groups is 1. The fourth-order valence-corrected chi connectivity index (χ4v) is 3.97. The molecule has 3 aromatic rings. The molecule has 1 unspecified atom stereocenters. The summed E-state index contributed by atoms with van der Waals surface area (Å²) in [6.07, 6.45) is 2.46. The van der Waals surface area contributed by atoms with E-state index in [-0.39, 0.29) is 13.9 Å². The number of amides is 1. The SMILES string of the molecule is COP(=O)(O)OCCCCCNC(=O)Cc1ccc2ccccc2c1-c1ccccc1.[HH]. The first-order valence-electron chi connectivity index (χ1n) is 10.4. The van der Waals surface area contributed by atoms with Crippen LogP contribution in [0.25, 0.3) is 21.9 Å². The van der Waals surface area contributed by atoms with Crippen LogP contribution in [-0.2, 0) is 24.8 Å². The van der Waals surface area contributed by atoms with E-state index in [1.165, 1.54) is 0 Å². The highest BCUT2D eigenvalue weighted by Gasteiger charge is 2.17. The number of hydrogen-bond acceptors (Lipinski definition) is 4. The van der Waals surface area contributed by atoms with Gasteiger partial charge in [-0.05, 0) is 46.7 Å². The van der Waals surface area contributed by atoms with Crippen LogP contribution in [-0.4, -0.2) is 31.1 Å². The van der Waals surface area contributed by atoms with Crippen molar-refractivity contribution in [3.05, 3.63) is 72.3 Å². The standard InChI is InChI=1S/C24H28NO5P.H2/c1-29-31(27,28)30-17-9-3-8-16-25-23(26)18-21-15-14-19-10-6-7-13-22(19)24(21)20-11-4-2-5-12-20;/h2,4-7,10-15H,3,8-9,16-18H2,1H3,(H,25,26)(H,27,28);1H. The maximum Gasteiger partial charge on any atom is 0.471 e. The Bertz CT molecular complexity index is 1060. The van der Waals surface area contributed by atoms with Gasteiger partial charge < -0.3 is 10.2 Å². The van der Waals surface area contributed by atoms with Gasteiger partial charge in [0.15, 0.2) is 0 Å². The van der Waals surface area contributed by atoms with E-state index in [1.807, 2.05) is 36.4 Å². The number of rotatable bonds is 11. The largest absolute Gasteiger partial charge is 0.471 e. The maximum absolute atomic E-state index is 12.6. The highest BCUT2D eigenvalue weighted by Crippen LogP contribution is 2.41. The van der Waals surface area contributed by atoms with E-state index in [0.717, 1.165) is 47.4 Å². The number of unbranched alkanes of at least 4 members (excludes halogenated alkanes) is 2. The van der Waals surface area contributed by atoms with E-state index in [0.29, 0.717) is 19.4 Å². The van der Waals surface area contributed by atoms with Gasteiger partial charge in [-0.3, -0.25) is 13.8 Å². The van der Waals surface area contributed by atoms with Gasteiger partial charge in [0.1, 0.15) is 0 Å². The van der Waals surface area contributed by atoms with Crippen LogP contribution in [0.2, 0.25) is 0 Å². The van der Waals surface area contributed by atoms with Crippen LogP contribution in [0.15, 0.2) is 66.7 Å². The van der Waals surface area contributed by atoms with Crippen LogP contribution in [0, 0.1) is 0 Å². The molecule has 3 rings (SSSR count). The second-order valence-corrected chi connectivity index (χ2v) is 8.82. The summed E-state index contributed by atoms with van der Waals surface area (Å²) in [5, 5.41) is 5.25. The number of fused-ring (bicyclic) bond motifs is 1. The fourth-order valence-electron chi connectivity index (χ4n) is 3.51. The molecule has 6 nitrogen and oxygen atoms in total. The van der Waals surface area contributed by atoms with E-state index in [9.17, 15) is 9.36 Å². The summed E-state index contributed by atoms with van der Waals surface area (Å²) in [6, 6.07) is 22.4. The quantitative estimate of drug-likeness (QED) is 0.308. The van der Waals surface area contributed by atoms with Crippen molar-refractivity contribution in [1.82, 2.24) is 5.32 Å². The van der Waals surface area contributed by atoms with Crippen LogP contribution in [0.4, 0.5) is 0 Å². The highest BCUT2D eigenvalue weighted by atomic mass is 31.2. The molecule has 0 fully saturated rings. The number of hydrogen-bond donors (Lipinski definition) is 2. The molecule has 0 saturated carbocycles. The number of benzene rings is 3. The zero-order valence-corrected chi connectivity index (χ0v) is 18.5. The Kier molecular flexibility index (Phi) is 8.38. The average molecular weight is 443 g/mol. The maximum atomic E-state index is 12.6. The van der Waals surface area contributed by atoms with Gasteiger partial charge in [0, 0.05) is 15.1 Å². The van der Waals surface area contributed by atoms with Crippen LogP contribution in [0.3, 0.4) is 0 Å². The van der Waals surface area contributed by atoms with Gasteiger partial charge in [-0.2, -0.15) is 0 Å². The summed E-state index contributed by atoms with van der Waals surface area (Å²) < 4.78 is 20.3. The third-order valence-electron chi connectivity index (χ3n) is 5.06. The monoisotopic (exact) mass is 443 g/mol. The Labute approximate surface area is 184 Å². The fraction of sp³-hybridized carbons (Fsp3) is 0.292. The summed E-state index contributed by atoms with van der Waals surface area (Å²) >= 11 is 0. The minimum atomic E-state index is -3.90. The topological polar surface area (TPSA) is 84.9 Å². The lowest BCUT2D eigenvalue weighted by Gasteiger charge is -2.14. The van der Waals surface area contributed by atoms with Crippen molar-refractivity contribution in [2.75, 3.05) is 20.3 Å². The Balaban J connectivity index is 0.00000363. The normalized spacial score (nSPS) is 13.1. The Morgan fingerprint density at radius 3 is 2.52 bits per heavy atom. The summed E-state index contributed by atoms with van der Waals surface area (Å²) in [5.41, 5.74) is 3.19. The molecule has 0 spiro atoms. The number of carbonyl (C=O) groups is 1. The molecule has 7 heteroatoms. The van der Waals surface area contributed by atoms with Gasteiger partial charge in [0.25, 0.3) is 0 Å². The summed E-state index contributed by atoms with van der Waals surface area (Å²) in [4.78, 5) is 21.7. The van der Waals surface area contributed by atoms with Gasteiger partial charge in [-0.25, -0.2) is 4.57 Å². The van der Waals surface area contributed by atoms with Crippen molar-refractivity contribution in [3.63, 3.8) is 0 Å². The van der Waals surface area contributed by atoms with E-state index in [1.54, 1.807) is 0 Å². The lowest BCUT2D eigenvalue weighted by Crippen LogP contribution is -2.26. The molecule has 0 aliphatic heterocycles. The molecule has 0 bridgehead atoms.